The summed E-state index contributed by atoms with van der Waals surface area (Å²) in [5.41, 5.74) is 0.190. The summed E-state index contributed by atoms with van der Waals surface area (Å²) in [4.78, 5) is 28.1. The van der Waals surface area contributed by atoms with E-state index in [4.69, 9.17) is 0 Å². The van der Waals surface area contributed by atoms with Gasteiger partial charge >= 0.3 is 5.97 Å². The van der Waals surface area contributed by atoms with Crippen molar-refractivity contribution < 1.29 is 9.90 Å². The van der Waals surface area contributed by atoms with Gasteiger partial charge in [0.2, 0.25) is 0 Å². The first-order chi connectivity index (χ1) is 10.0. The zero-order valence-corrected chi connectivity index (χ0v) is 12.4. The molecule has 1 aromatic rings. The van der Waals surface area contributed by atoms with Gasteiger partial charge in [-0.25, -0.2) is 9.78 Å². The van der Waals surface area contributed by atoms with Crippen LogP contribution in [0, 0.1) is 0 Å². The standard InChI is InChI=1S/C15H21N3O3/c1-3-15(4-2)7-10(14(20)21)18-11(19)8-16-13(12(15)18)17-9-5-6-9/h8-10,17H,3-7H2,1-2H3,(H,20,21). The van der Waals surface area contributed by atoms with Gasteiger partial charge in [-0.15, -0.1) is 0 Å². The van der Waals surface area contributed by atoms with Crippen molar-refractivity contribution in [2.45, 2.75) is 63.5 Å². The maximum absolute atomic E-state index is 12.2. The van der Waals surface area contributed by atoms with Crippen molar-refractivity contribution in [2.75, 3.05) is 5.32 Å². The zero-order chi connectivity index (χ0) is 15.2. The van der Waals surface area contributed by atoms with Gasteiger partial charge in [-0.1, -0.05) is 13.8 Å². The van der Waals surface area contributed by atoms with E-state index in [9.17, 15) is 14.7 Å². The van der Waals surface area contributed by atoms with Crippen molar-refractivity contribution in [2.24, 2.45) is 0 Å². The van der Waals surface area contributed by atoms with Crippen LogP contribution in [0.15, 0.2) is 11.0 Å². The highest BCUT2D eigenvalue weighted by atomic mass is 16.4. The normalized spacial score (nSPS) is 22.9. The van der Waals surface area contributed by atoms with Gasteiger partial charge in [0.05, 0.1) is 11.9 Å². The molecule has 6 heteroatoms. The molecule has 2 heterocycles. The first-order valence-electron chi connectivity index (χ1n) is 7.63. The first kappa shape index (κ1) is 14.1. The average Bonchev–Trinajstić information content (AvgIpc) is 3.20. The minimum absolute atomic E-state index is 0.284. The number of aromatic nitrogens is 2. The second-order valence-electron chi connectivity index (χ2n) is 6.13. The van der Waals surface area contributed by atoms with E-state index in [2.05, 4.69) is 24.1 Å². The van der Waals surface area contributed by atoms with Crippen LogP contribution in [0.25, 0.3) is 0 Å². The molecule has 0 bridgehead atoms. The van der Waals surface area contributed by atoms with Crippen LogP contribution in [-0.2, 0) is 10.2 Å². The molecule has 1 fully saturated rings. The summed E-state index contributed by atoms with van der Waals surface area (Å²) in [5.74, 6) is -0.241. The lowest BCUT2D eigenvalue weighted by Gasteiger charge is -2.28. The largest absolute Gasteiger partial charge is 0.480 e. The van der Waals surface area contributed by atoms with E-state index >= 15 is 0 Å². The molecule has 0 spiro atoms. The van der Waals surface area contributed by atoms with Crippen molar-refractivity contribution in [1.82, 2.24) is 9.55 Å². The zero-order valence-electron chi connectivity index (χ0n) is 12.4. The molecule has 1 atom stereocenters. The fourth-order valence-electron chi connectivity index (χ4n) is 3.44. The summed E-state index contributed by atoms with van der Waals surface area (Å²) < 4.78 is 1.45. The first-order valence-corrected chi connectivity index (χ1v) is 7.63. The fourth-order valence-corrected chi connectivity index (χ4v) is 3.44. The molecule has 1 unspecified atom stereocenters. The Kier molecular flexibility index (Phi) is 3.26. The number of aliphatic carboxylic acids is 1. The van der Waals surface area contributed by atoms with Crippen molar-refractivity contribution >= 4 is 11.8 Å². The predicted molar refractivity (Wildman–Crippen MR) is 78.7 cm³/mol. The maximum Gasteiger partial charge on any atom is 0.326 e. The van der Waals surface area contributed by atoms with Crippen LogP contribution in [-0.4, -0.2) is 26.7 Å². The van der Waals surface area contributed by atoms with Gasteiger partial charge < -0.3 is 10.4 Å². The molecule has 0 aromatic carbocycles. The Morgan fingerprint density at radius 1 is 1.48 bits per heavy atom. The highest BCUT2D eigenvalue weighted by Crippen LogP contribution is 2.48. The Bertz CT molecular complexity index is 630. The van der Waals surface area contributed by atoms with Gasteiger partial charge in [-0.3, -0.25) is 9.36 Å². The van der Waals surface area contributed by atoms with E-state index in [0.717, 1.165) is 31.4 Å². The van der Waals surface area contributed by atoms with Crippen molar-refractivity contribution in [3.05, 3.63) is 22.2 Å². The SMILES string of the molecule is CCC1(CC)CC(C(=O)O)n2c1c(NC1CC1)ncc2=O. The molecular weight excluding hydrogens is 270 g/mol. The molecule has 6 nitrogen and oxygen atoms in total. The molecule has 2 aliphatic rings. The quantitative estimate of drug-likeness (QED) is 0.865. The summed E-state index contributed by atoms with van der Waals surface area (Å²) in [7, 11) is 0. The van der Waals surface area contributed by atoms with Crippen LogP contribution in [0.2, 0.25) is 0 Å². The molecule has 0 saturated heterocycles. The second-order valence-corrected chi connectivity index (χ2v) is 6.13. The lowest BCUT2D eigenvalue weighted by molar-refractivity contribution is -0.141. The Morgan fingerprint density at radius 2 is 2.14 bits per heavy atom. The number of anilines is 1. The summed E-state index contributed by atoms with van der Waals surface area (Å²) in [6.07, 6.45) is 5.53. The fraction of sp³-hybridized carbons (Fsp3) is 0.667. The van der Waals surface area contributed by atoms with E-state index in [0.29, 0.717) is 18.3 Å². The highest BCUT2D eigenvalue weighted by Gasteiger charge is 2.47. The van der Waals surface area contributed by atoms with Crippen LogP contribution >= 0.6 is 0 Å². The third kappa shape index (κ3) is 2.13. The van der Waals surface area contributed by atoms with Crippen LogP contribution in [0.3, 0.4) is 0 Å². The molecule has 21 heavy (non-hydrogen) atoms. The number of rotatable bonds is 5. The van der Waals surface area contributed by atoms with E-state index in [1.165, 1.54) is 10.8 Å². The summed E-state index contributed by atoms with van der Waals surface area (Å²) >= 11 is 0. The molecule has 1 aliphatic carbocycles. The molecule has 114 valence electrons. The van der Waals surface area contributed by atoms with Crippen LogP contribution in [0.5, 0.6) is 0 Å². The Hall–Kier alpha value is -1.85. The molecule has 0 amide bonds. The predicted octanol–water partition coefficient (Wildman–Crippen LogP) is 1.90. The van der Waals surface area contributed by atoms with Gasteiger partial charge in [0.25, 0.3) is 5.56 Å². The third-order valence-electron chi connectivity index (χ3n) is 4.96. The number of carboxylic acids is 1. The number of carboxylic acid groups (broad SMARTS) is 1. The lowest BCUT2D eigenvalue weighted by Crippen LogP contribution is -2.30. The minimum Gasteiger partial charge on any atom is -0.480 e. The van der Waals surface area contributed by atoms with E-state index < -0.39 is 12.0 Å². The third-order valence-corrected chi connectivity index (χ3v) is 4.96. The van der Waals surface area contributed by atoms with Crippen LogP contribution in [0.1, 0.15) is 57.7 Å². The van der Waals surface area contributed by atoms with Gasteiger partial charge in [-0.2, -0.15) is 0 Å². The van der Waals surface area contributed by atoms with Crippen molar-refractivity contribution in [3.8, 4) is 0 Å². The summed E-state index contributed by atoms with van der Waals surface area (Å²) in [6, 6.07) is -0.370. The number of hydrogen-bond acceptors (Lipinski definition) is 4. The Labute approximate surface area is 123 Å². The highest BCUT2D eigenvalue weighted by molar-refractivity contribution is 5.74. The van der Waals surface area contributed by atoms with E-state index in [1.807, 2.05) is 0 Å². The Balaban J connectivity index is 2.20. The average molecular weight is 291 g/mol. The number of hydrogen-bond donors (Lipinski definition) is 2. The monoisotopic (exact) mass is 291 g/mol. The number of nitrogens with zero attached hydrogens (tertiary/aromatic N) is 2. The van der Waals surface area contributed by atoms with Gasteiger partial charge in [0.1, 0.15) is 11.9 Å². The van der Waals surface area contributed by atoms with Crippen molar-refractivity contribution in [3.63, 3.8) is 0 Å². The Morgan fingerprint density at radius 3 is 2.67 bits per heavy atom. The molecule has 0 radical (unpaired) electrons. The minimum atomic E-state index is -0.939. The molecule has 2 N–H and O–H groups in total. The summed E-state index contributed by atoms with van der Waals surface area (Å²) in [6.45, 7) is 4.10. The molecule has 1 saturated carbocycles. The number of fused-ring (bicyclic) bond motifs is 1. The molecule has 1 aliphatic heterocycles. The maximum atomic E-state index is 12.2. The molecule has 3 rings (SSSR count). The van der Waals surface area contributed by atoms with Crippen molar-refractivity contribution in [1.29, 1.82) is 0 Å². The molecular formula is C15H21N3O3. The second kappa shape index (κ2) is 4.86. The van der Waals surface area contributed by atoms with Gasteiger partial charge in [0, 0.05) is 11.5 Å². The van der Waals surface area contributed by atoms with Gasteiger partial charge in [-0.05, 0) is 32.1 Å². The molecule has 1 aromatic heterocycles. The topological polar surface area (TPSA) is 84.2 Å². The van der Waals surface area contributed by atoms with E-state index in [1.54, 1.807) is 0 Å². The van der Waals surface area contributed by atoms with Crippen LogP contribution in [0.4, 0.5) is 5.82 Å². The van der Waals surface area contributed by atoms with Gasteiger partial charge in [0.15, 0.2) is 0 Å². The number of carbonyl (C=O) groups is 1. The van der Waals surface area contributed by atoms with E-state index in [-0.39, 0.29) is 11.0 Å². The number of nitrogens with one attached hydrogen (secondary N) is 1. The lowest BCUT2D eigenvalue weighted by atomic mass is 9.77. The van der Waals surface area contributed by atoms with Crippen LogP contribution < -0.4 is 10.9 Å². The smallest absolute Gasteiger partial charge is 0.326 e. The summed E-state index contributed by atoms with van der Waals surface area (Å²) in [5, 5.41) is 12.9.